The van der Waals surface area contributed by atoms with Crippen molar-refractivity contribution in [3.63, 3.8) is 0 Å². The molecule has 0 heterocycles. The van der Waals surface area contributed by atoms with Crippen LogP contribution < -0.4 is 0 Å². The van der Waals surface area contributed by atoms with E-state index in [-0.39, 0.29) is 5.92 Å². The minimum atomic E-state index is -0.549. The molecule has 1 aliphatic rings. The summed E-state index contributed by atoms with van der Waals surface area (Å²) in [5.74, 6) is 0.274. The van der Waals surface area contributed by atoms with Gasteiger partial charge in [0.15, 0.2) is 5.78 Å². The van der Waals surface area contributed by atoms with Crippen LogP contribution in [0.5, 0.6) is 0 Å². The third-order valence-electron chi connectivity index (χ3n) is 4.84. The first kappa shape index (κ1) is 13.8. The first-order valence-corrected chi connectivity index (χ1v) is 7.43. The molecule has 3 rings (SSSR count). The average molecular weight is 276 g/mol. The third-order valence-corrected chi connectivity index (χ3v) is 4.84. The summed E-state index contributed by atoms with van der Waals surface area (Å²) in [6, 6.07) is 20.4. The Bertz CT molecular complexity index is 697. The predicted octanol–water partition coefficient (Wildman–Crippen LogP) is 4.64. The highest BCUT2D eigenvalue weighted by Gasteiger charge is 2.48. The van der Waals surface area contributed by atoms with Crippen LogP contribution in [0.3, 0.4) is 0 Å². The minimum absolute atomic E-state index is 0.0228. The molecule has 1 nitrogen and oxygen atoms in total. The van der Waals surface area contributed by atoms with Crippen LogP contribution in [0.25, 0.3) is 5.57 Å². The molecule has 106 valence electrons. The van der Waals surface area contributed by atoms with Crippen molar-refractivity contribution in [3.8, 4) is 0 Å². The Morgan fingerprint density at radius 1 is 0.905 bits per heavy atom. The summed E-state index contributed by atoms with van der Waals surface area (Å²) < 4.78 is 0. The summed E-state index contributed by atoms with van der Waals surface area (Å²) in [7, 11) is 0. The van der Waals surface area contributed by atoms with Crippen LogP contribution in [0, 0.1) is 5.92 Å². The van der Waals surface area contributed by atoms with E-state index in [2.05, 4.69) is 38.1 Å². The highest BCUT2D eigenvalue weighted by atomic mass is 16.1. The van der Waals surface area contributed by atoms with E-state index in [4.69, 9.17) is 0 Å². The standard InChI is InChI=1S/C20H20O/c1-14-15(2)19(21)20(3,17-12-8-5-9-13-17)18(14)16-10-6-4-7-11-16/h4-13,15H,1-3H3/t15-,20-/m0/s1. The molecule has 0 spiro atoms. The second kappa shape index (κ2) is 5.00. The van der Waals surface area contributed by atoms with Crippen LogP contribution in [-0.4, -0.2) is 5.78 Å². The molecular weight excluding hydrogens is 256 g/mol. The molecule has 2 aromatic carbocycles. The fourth-order valence-electron chi connectivity index (χ4n) is 3.54. The lowest BCUT2D eigenvalue weighted by molar-refractivity contribution is -0.123. The average Bonchev–Trinajstić information content (AvgIpc) is 2.71. The molecule has 0 amide bonds. The lowest BCUT2D eigenvalue weighted by Crippen LogP contribution is -2.32. The van der Waals surface area contributed by atoms with Crippen LogP contribution >= 0.6 is 0 Å². The molecule has 0 fully saturated rings. The van der Waals surface area contributed by atoms with Crippen LogP contribution in [-0.2, 0) is 10.2 Å². The number of ketones is 1. The van der Waals surface area contributed by atoms with Gasteiger partial charge in [-0.3, -0.25) is 4.79 Å². The predicted molar refractivity (Wildman–Crippen MR) is 87.0 cm³/mol. The largest absolute Gasteiger partial charge is 0.298 e. The number of carbonyl (C=O) groups excluding carboxylic acids is 1. The van der Waals surface area contributed by atoms with Gasteiger partial charge in [-0.2, -0.15) is 0 Å². The number of Topliss-reactive ketones (excluding diaryl/α,β-unsaturated/α-hetero) is 1. The van der Waals surface area contributed by atoms with Crippen LogP contribution in [0.1, 0.15) is 31.9 Å². The highest BCUT2D eigenvalue weighted by Crippen LogP contribution is 2.49. The number of hydrogen-bond donors (Lipinski definition) is 0. The topological polar surface area (TPSA) is 17.1 Å². The van der Waals surface area contributed by atoms with E-state index < -0.39 is 5.41 Å². The summed E-state index contributed by atoms with van der Waals surface area (Å²) in [6.07, 6.45) is 0. The van der Waals surface area contributed by atoms with Crippen LogP contribution in [0.4, 0.5) is 0 Å². The number of rotatable bonds is 2. The van der Waals surface area contributed by atoms with E-state index in [0.717, 1.165) is 11.1 Å². The van der Waals surface area contributed by atoms with E-state index in [9.17, 15) is 4.79 Å². The van der Waals surface area contributed by atoms with Gasteiger partial charge in [0, 0.05) is 5.92 Å². The summed E-state index contributed by atoms with van der Waals surface area (Å²) in [5.41, 5.74) is 4.05. The van der Waals surface area contributed by atoms with Gasteiger partial charge < -0.3 is 0 Å². The zero-order valence-electron chi connectivity index (χ0n) is 12.8. The van der Waals surface area contributed by atoms with Gasteiger partial charge in [0.1, 0.15) is 0 Å². The Labute approximate surface area is 126 Å². The zero-order chi connectivity index (χ0) is 15.0. The molecule has 0 aliphatic heterocycles. The van der Waals surface area contributed by atoms with Gasteiger partial charge in [-0.15, -0.1) is 0 Å². The van der Waals surface area contributed by atoms with Gasteiger partial charge in [0.25, 0.3) is 0 Å². The molecule has 0 unspecified atom stereocenters. The minimum Gasteiger partial charge on any atom is -0.298 e. The van der Waals surface area contributed by atoms with E-state index in [1.54, 1.807) is 0 Å². The first-order valence-electron chi connectivity index (χ1n) is 7.43. The molecule has 2 atom stereocenters. The Kier molecular flexibility index (Phi) is 3.29. The van der Waals surface area contributed by atoms with E-state index >= 15 is 0 Å². The molecule has 0 saturated carbocycles. The summed E-state index contributed by atoms with van der Waals surface area (Å²) in [4.78, 5) is 13.0. The summed E-state index contributed by atoms with van der Waals surface area (Å²) in [5, 5.41) is 0. The Morgan fingerprint density at radius 3 is 2.00 bits per heavy atom. The van der Waals surface area contributed by atoms with Crippen molar-refractivity contribution in [1.29, 1.82) is 0 Å². The first-order chi connectivity index (χ1) is 10.1. The van der Waals surface area contributed by atoms with Gasteiger partial charge in [0.2, 0.25) is 0 Å². The van der Waals surface area contributed by atoms with Crippen molar-refractivity contribution in [2.24, 2.45) is 5.92 Å². The van der Waals surface area contributed by atoms with Crippen molar-refractivity contribution in [2.75, 3.05) is 0 Å². The second-order valence-corrected chi connectivity index (χ2v) is 6.00. The molecule has 21 heavy (non-hydrogen) atoms. The van der Waals surface area contributed by atoms with Crippen molar-refractivity contribution in [2.45, 2.75) is 26.2 Å². The van der Waals surface area contributed by atoms with Crippen molar-refractivity contribution in [1.82, 2.24) is 0 Å². The van der Waals surface area contributed by atoms with Crippen molar-refractivity contribution in [3.05, 3.63) is 77.4 Å². The van der Waals surface area contributed by atoms with Crippen molar-refractivity contribution < 1.29 is 4.79 Å². The van der Waals surface area contributed by atoms with Gasteiger partial charge in [0.05, 0.1) is 5.41 Å². The van der Waals surface area contributed by atoms with Gasteiger partial charge in [-0.25, -0.2) is 0 Å². The van der Waals surface area contributed by atoms with E-state index in [1.807, 2.05) is 43.3 Å². The maximum absolute atomic E-state index is 13.0. The highest BCUT2D eigenvalue weighted by molar-refractivity contribution is 6.11. The summed E-state index contributed by atoms with van der Waals surface area (Å²) in [6.45, 7) is 6.19. The normalized spacial score (nSPS) is 25.5. The molecule has 0 aromatic heterocycles. The molecule has 0 radical (unpaired) electrons. The lowest BCUT2D eigenvalue weighted by atomic mass is 9.73. The molecule has 0 N–H and O–H groups in total. The molecule has 1 heteroatoms. The molecular formula is C20H20O. The van der Waals surface area contributed by atoms with E-state index in [1.165, 1.54) is 11.1 Å². The Hall–Kier alpha value is -2.15. The molecule has 1 aliphatic carbocycles. The zero-order valence-corrected chi connectivity index (χ0v) is 12.8. The SMILES string of the molecule is CC1=C(c2ccccc2)[C@](C)(c2ccccc2)C(=O)[C@H]1C. The maximum Gasteiger partial charge on any atom is 0.154 e. The number of carbonyl (C=O) groups is 1. The molecule has 2 aromatic rings. The Morgan fingerprint density at radius 2 is 1.43 bits per heavy atom. The maximum atomic E-state index is 13.0. The number of allylic oxidation sites excluding steroid dienone is 2. The molecule has 0 bridgehead atoms. The fourth-order valence-corrected chi connectivity index (χ4v) is 3.54. The smallest absolute Gasteiger partial charge is 0.154 e. The Balaban J connectivity index is 2.26. The lowest BCUT2D eigenvalue weighted by Gasteiger charge is -2.28. The van der Waals surface area contributed by atoms with Gasteiger partial charge in [-0.1, -0.05) is 73.2 Å². The number of hydrogen-bond acceptors (Lipinski definition) is 1. The van der Waals surface area contributed by atoms with Crippen LogP contribution in [0.2, 0.25) is 0 Å². The fraction of sp³-hybridized carbons (Fsp3) is 0.250. The monoisotopic (exact) mass is 276 g/mol. The molecule has 0 saturated heterocycles. The van der Waals surface area contributed by atoms with Crippen LogP contribution in [0.15, 0.2) is 66.2 Å². The quantitative estimate of drug-likeness (QED) is 0.781. The third kappa shape index (κ3) is 1.96. The van der Waals surface area contributed by atoms with E-state index in [0.29, 0.717) is 5.78 Å². The van der Waals surface area contributed by atoms with Crippen molar-refractivity contribution >= 4 is 11.4 Å². The second-order valence-electron chi connectivity index (χ2n) is 6.00. The number of benzene rings is 2. The van der Waals surface area contributed by atoms with Gasteiger partial charge in [-0.05, 0) is 30.5 Å². The van der Waals surface area contributed by atoms with Gasteiger partial charge >= 0.3 is 0 Å². The summed E-state index contributed by atoms with van der Waals surface area (Å²) >= 11 is 0.